The average Bonchev–Trinajstić information content (AvgIpc) is 3.32. The van der Waals surface area contributed by atoms with Gasteiger partial charge in [0.15, 0.2) is 5.11 Å². The third-order valence-electron chi connectivity index (χ3n) is 7.06. The number of rotatable bonds is 6. The highest BCUT2D eigenvalue weighted by Crippen LogP contribution is 2.29. The molecule has 2 aliphatic rings. The molecule has 196 valence electrons. The number of aryl methyl sites for hydroxylation is 1. The fourth-order valence-corrected chi connectivity index (χ4v) is 5.54. The lowest BCUT2D eigenvalue weighted by molar-refractivity contribution is 0.355. The van der Waals surface area contributed by atoms with Crippen molar-refractivity contribution in [1.82, 2.24) is 15.3 Å². The van der Waals surface area contributed by atoms with Crippen LogP contribution in [0.1, 0.15) is 31.8 Å². The number of nitrogens with zero attached hydrogens (tertiary/aromatic N) is 5. The van der Waals surface area contributed by atoms with E-state index < -0.39 is 0 Å². The molecule has 2 saturated heterocycles. The predicted octanol–water partition coefficient (Wildman–Crippen LogP) is 4.67. The van der Waals surface area contributed by atoms with Crippen molar-refractivity contribution in [2.45, 2.75) is 33.7 Å². The van der Waals surface area contributed by atoms with Gasteiger partial charge in [0.25, 0.3) is 0 Å². The molecule has 8 nitrogen and oxygen atoms in total. The van der Waals surface area contributed by atoms with Gasteiger partial charge in [-0.1, -0.05) is 32.0 Å². The molecule has 0 saturated carbocycles. The Kier molecular flexibility index (Phi) is 7.79. The number of furan rings is 1. The second kappa shape index (κ2) is 11.4. The first-order valence-corrected chi connectivity index (χ1v) is 13.6. The minimum Gasteiger partial charge on any atom is -0.465 e. The summed E-state index contributed by atoms with van der Waals surface area (Å²) in [4.78, 5) is 17.0. The van der Waals surface area contributed by atoms with Crippen molar-refractivity contribution in [3.8, 4) is 0 Å². The molecule has 0 unspecified atom stereocenters. The first-order chi connectivity index (χ1) is 17.9. The van der Waals surface area contributed by atoms with Gasteiger partial charge in [-0.3, -0.25) is 0 Å². The number of hydrogen-bond acceptors (Lipinski definition) is 7. The van der Waals surface area contributed by atoms with Gasteiger partial charge in [0.05, 0.1) is 6.54 Å². The molecule has 2 aromatic heterocycles. The molecule has 0 spiro atoms. The van der Waals surface area contributed by atoms with E-state index in [1.165, 1.54) is 12.1 Å². The summed E-state index contributed by atoms with van der Waals surface area (Å²) in [5.41, 5.74) is 1.27. The second-order valence-corrected chi connectivity index (χ2v) is 10.8. The zero-order valence-electron chi connectivity index (χ0n) is 22.0. The Bertz CT molecular complexity index is 1180. The lowest BCUT2D eigenvalue weighted by atomic mass is 9.92. The molecule has 2 atom stereocenters. The summed E-state index contributed by atoms with van der Waals surface area (Å²) in [5, 5.41) is 6.92. The van der Waals surface area contributed by atoms with E-state index in [1.54, 1.807) is 0 Å². The van der Waals surface area contributed by atoms with Crippen LogP contribution in [0.5, 0.6) is 0 Å². The monoisotopic (exact) mass is 519 g/mol. The molecule has 1 aromatic carbocycles. The SMILES string of the molecule is Cc1ccc(CNC(=S)Nc2nc(N3CCN(c4ccccc4)CC3)cc(N3C[C@@H](C)C[C@H](C)C3)n2)o1. The number of benzene rings is 1. The maximum atomic E-state index is 5.64. The van der Waals surface area contributed by atoms with Gasteiger partial charge >= 0.3 is 0 Å². The van der Waals surface area contributed by atoms with Gasteiger partial charge in [-0.15, -0.1) is 0 Å². The van der Waals surface area contributed by atoms with E-state index in [-0.39, 0.29) is 0 Å². The molecule has 3 aromatic rings. The van der Waals surface area contributed by atoms with Gasteiger partial charge in [-0.05, 0) is 61.7 Å². The van der Waals surface area contributed by atoms with Gasteiger partial charge in [0.2, 0.25) is 5.95 Å². The maximum Gasteiger partial charge on any atom is 0.232 e. The van der Waals surface area contributed by atoms with Crippen molar-refractivity contribution in [1.29, 1.82) is 0 Å². The van der Waals surface area contributed by atoms with Crippen LogP contribution >= 0.6 is 12.2 Å². The van der Waals surface area contributed by atoms with Crippen molar-refractivity contribution in [2.75, 3.05) is 59.3 Å². The van der Waals surface area contributed by atoms with Crippen molar-refractivity contribution in [3.05, 3.63) is 60.1 Å². The largest absolute Gasteiger partial charge is 0.465 e. The third kappa shape index (κ3) is 6.52. The van der Waals surface area contributed by atoms with E-state index in [0.717, 1.165) is 62.4 Å². The first-order valence-electron chi connectivity index (χ1n) is 13.2. The van der Waals surface area contributed by atoms with Gasteiger partial charge in [-0.2, -0.15) is 9.97 Å². The molecule has 2 fully saturated rings. The molecule has 2 aliphatic heterocycles. The first kappa shape index (κ1) is 25.3. The number of nitrogens with one attached hydrogen (secondary N) is 2. The zero-order valence-corrected chi connectivity index (χ0v) is 22.8. The number of para-hydroxylation sites is 1. The van der Waals surface area contributed by atoms with E-state index >= 15 is 0 Å². The van der Waals surface area contributed by atoms with Crippen LogP contribution in [0, 0.1) is 18.8 Å². The number of piperazine rings is 1. The summed E-state index contributed by atoms with van der Waals surface area (Å²) >= 11 is 5.57. The molecular weight excluding hydrogens is 482 g/mol. The number of piperidine rings is 1. The Morgan fingerprint density at radius 1 is 0.919 bits per heavy atom. The topological polar surface area (TPSA) is 72.7 Å². The minimum absolute atomic E-state index is 0.478. The van der Waals surface area contributed by atoms with Crippen molar-refractivity contribution >= 4 is 40.6 Å². The van der Waals surface area contributed by atoms with E-state index in [0.29, 0.717) is 29.4 Å². The summed E-state index contributed by atoms with van der Waals surface area (Å²) in [5.74, 6) is 5.41. The number of aromatic nitrogens is 2. The average molecular weight is 520 g/mol. The Morgan fingerprint density at radius 3 is 2.22 bits per heavy atom. The standard InChI is InChI=1S/C28H37N7OS/c1-20-15-21(2)19-35(18-20)26-16-25(34-13-11-33(12-14-34)23-7-5-4-6-8-23)30-27(31-26)32-28(37)29-17-24-10-9-22(3)36-24/h4-10,16,20-21H,11-15,17-19H2,1-3H3,(H2,29,30,31,32,37)/t20-,21-/m0/s1. The minimum atomic E-state index is 0.478. The molecule has 0 amide bonds. The normalized spacial score (nSPS) is 20.1. The van der Waals surface area contributed by atoms with E-state index in [1.807, 2.05) is 19.1 Å². The molecule has 0 bridgehead atoms. The Balaban J connectivity index is 1.32. The lowest BCUT2D eigenvalue weighted by Gasteiger charge is -2.38. The molecule has 4 heterocycles. The summed E-state index contributed by atoms with van der Waals surface area (Å²) in [7, 11) is 0. The van der Waals surface area contributed by atoms with Crippen LogP contribution in [-0.4, -0.2) is 54.3 Å². The Morgan fingerprint density at radius 2 is 1.57 bits per heavy atom. The fraction of sp³-hybridized carbons (Fsp3) is 0.464. The van der Waals surface area contributed by atoms with Crippen LogP contribution in [0.2, 0.25) is 0 Å². The fourth-order valence-electron chi connectivity index (χ4n) is 5.38. The summed E-state index contributed by atoms with van der Waals surface area (Å²) in [6, 6.07) is 16.7. The Hall–Kier alpha value is -3.33. The van der Waals surface area contributed by atoms with Crippen LogP contribution in [0.4, 0.5) is 23.3 Å². The molecular formula is C28H37N7OS. The highest BCUT2D eigenvalue weighted by molar-refractivity contribution is 7.80. The number of anilines is 4. The lowest BCUT2D eigenvalue weighted by Crippen LogP contribution is -2.47. The predicted molar refractivity (Wildman–Crippen MR) is 155 cm³/mol. The van der Waals surface area contributed by atoms with Crippen molar-refractivity contribution in [2.24, 2.45) is 11.8 Å². The molecule has 5 rings (SSSR count). The van der Waals surface area contributed by atoms with Crippen LogP contribution in [0.25, 0.3) is 0 Å². The van der Waals surface area contributed by atoms with E-state index in [9.17, 15) is 0 Å². The summed E-state index contributed by atoms with van der Waals surface area (Å²) in [6.45, 7) is 12.8. The molecule has 2 N–H and O–H groups in total. The molecule has 37 heavy (non-hydrogen) atoms. The van der Waals surface area contributed by atoms with Crippen LogP contribution < -0.4 is 25.3 Å². The number of thiocarbonyl (C=S) groups is 1. The van der Waals surface area contributed by atoms with Gasteiger partial charge in [-0.25, -0.2) is 0 Å². The molecule has 0 radical (unpaired) electrons. The van der Waals surface area contributed by atoms with Gasteiger partial charge < -0.3 is 29.8 Å². The van der Waals surface area contributed by atoms with Crippen LogP contribution in [0.3, 0.4) is 0 Å². The highest BCUT2D eigenvalue weighted by atomic mass is 32.1. The Labute approximate surface area is 225 Å². The summed E-state index contributed by atoms with van der Waals surface area (Å²) < 4.78 is 5.64. The van der Waals surface area contributed by atoms with Gasteiger partial charge in [0.1, 0.15) is 23.2 Å². The summed E-state index contributed by atoms with van der Waals surface area (Å²) in [6.07, 6.45) is 1.25. The molecule has 0 aliphatic carbocycles. The quantitative estimate of drug-likeness (QED) is 0.452. The maximum absolute atomic E-state index is 5.64. The van der Waals surface area contributed by atoms with Crippen LogP contribution in [-0.2, 0) is 6.54 Å². The van der Waals surface area contributed by atoms with E-state index in [4.69, 9.17) is 26.6 Å². The van der Waals surface area contributed by atoms with Crippen LogP contribution in [0.15, 0.2) is 52.9 Å². The molecule has 9 heteroatoms. The number of hydrogen-bond donors (Lipinski definition) is 2. The van der Waals surface area contributed by atoms with E-state index in [2.05, 4.69) is 75.6 Å². The van der Waals surface area contributed by atoms with Crippen molar-refractivity contribution < 1.29 is 4.42 Å². The zero-order chi connectivity index (χ0) is 25.8. The second-order valence-electron chi connectivity index (χ2n) is 10.4. The van der Waals surface area contributed by atoms with Crippen molar-refractivity contribution in [3.63, 3.8) is 0 Å². The third-order valence-corrected chi connectivity index (χ3v) is 7.31. The van der Waals surface area contributed by atoms with Gasteiger partial charge in [0, 0.05) is 51.0 Å². The highest BCUT2D eigenvalue weighted by Gasteiger charge is 2.25. The smallest absolute Gasteiger partial charge is 0.232 e.